The number of rotatable bonds is 4. The molecule has 17 heavy (non-hydrogen) atoms. The van der Waals surface area contributed by atoms with Gasteiger partial charge in [0.15, 0.2) is 0 Å². The van der Waals surface area contributed by atoms with Crippen molar-refractivity contribution < 1.29 is 0 Å². The van der Waals surface area contributed by atoms with Gasteiger partial charge in [-0.1, -0.05) is 53.0 Å². The second-order valence-electron chi connectivity index (χ2n) is 6.53. The third kappa shape index (κ3) is 2.26. The summed E-state index contributed by atoms with van der Waals surface area (Å²) in [4.78, 5) is 2.67. The van der Waals surface area contributed by atoms with Crippen LogP contribution in [0.25, 0.3) is 0 Å². The van der Waals surface area contributed by atoms with Crippen molar-refractivity contribution in [1.82, 2.24) is 4.90 Å². The van der Waals surface area contributed by atoms with Gasteiger partial charge >= 0.3 is 0 Å². The molecule has 1 nitrogen and oxygen atoms in total. The van der Waals surface area contributed by atoms with Crippen LogP contribution in [0.4, 0.5) is 0 Å². The third-order valence-corrected chi connectivity index (χ3v) is 5.15. The van der Waals surface area contributed by atoms with Crippen LogP contribution in [0.1, 0.15) is 65.7 Å². The Labute approximate surface area is 107 Å². The van der Waals surface area contributed by atoms with Gasteiger partial charge in [0, 0.05) is 23.7 Å². The first-order valence-electron chi connectivity index (χ1n) is 7.55. The van der Waals surface area contributed by atoms with Crippen molar-refractivity contribution in [3.63, 3.8) is 0 Å². The summed E-state index contributed by atoms with van der Waals surface area (Å²) >= 11 is 0. The Morgan fingerprint density at radius 1 is 1.24 bits per heavy atom. The van der Waals surface area contributed by atoms with Gasteiger partial charge in [-0.05, 0) is 25.2 Å². The second-order valence-corrected chi connectivity index (χ2v) is 6.53. The molecular formula is C16H29N. The van der Waals surface area contributed by atoms with Crippen LogP contribution in [0, 0.1) is 11.3 Å². The van der Waals surface area contributed by atoms with Gasteiger partial charge in [-0.3, -0.25) is 0 Å². The molecule has 1 aliphatic heterocycles. The molecule has 0 N–H and O–H groups in total. The molecule has 1 saturated carbocycles. The Kier molecular flexibility index (Phi) is 3.85. The monoisotopic (exact) mass is 235 g/mol. The van der Waals surface area contributed by atoms with Crippen LogP contribution in [-0.2, 0) is 0 Å². The van der Waals surface area contributed by atoms with E-state index in [0.717, 1.165) is 12.0 Å². The molecule has 0 radical (unpaired) electrons. The molecule has 1 aliphatic carbocycles. The van der Waals surface area contributed by atoms with Gasteiger partial charge in [0.25, 0.3) is 0 Å². The van der Waals surface area contributed by atoms with Crippen LogP contribution in [0.15, 0.2) is 12.3 Å². The van der Waals surface area contributed by atoms with Gasteiger partial charge in [-0.25, -0.2) is 0 Å². The molecule has 1 heteroatoms. The Morgan fingerprint density at radius 2 is 1.94 bits per heavy atom. The zero-order valence-electron chi connectivity index (χ0n) is 12.0. The van der Waals surface area contributed by atoms with Gasteiger partial charge in [-0.2, -0.15) is 0 Å². The molecule has 0 amide bonds. The first-order valence-corrected chi connectivity index (χ1v) is 7.55. The van der Waals surface area contributed by atoms with Crippen LogP contribution in [-0.4, -0.2) is 17.5 Å². The smallest absolute Gasteiger partial charge is 0.0323 e. The molecule has 2 atom stereocenters. The maximum Gasteiger partial charge on any atom is 0.0323 e. The average molecular weight is 235 g/mol. The molecular weight excluding hydrogens is 206 g/mol. The predicted octanol–water partition coefficient (Wildman–Crippen LogP) is 4.59. The van der Waals surface area contributed by atoms with Crippen LogP contribution in [0.3, 0.4) is 0 Å². The van der Waals surface area contributed by atoms with E-state index in [1.807, 2.05) is 0 Å². The fourth-order valence-electron chi connectivity index (χ4n) is 3.94. The molecule has 2 aliphatic rings. The van der Waals surface area contributed by atoms with Gasteiger partial charge < -0.3 is 4.90 Å². The zero-order chi connectivity index (χ0) is 12.5. The standard InChI is InChI=1S/C16H29N/c1-5-6-9-12-17-13(2)16(3,4)14-10-7-8-11-15(14)17/h14-15H,2,5-12H2,1,3-4H3. The fourth-order valence-corrected chi connectivity index (χ4v) is 3.94. The minimum Gasteiger partial charge on any atom is -0.372 e. The van der Waals surface area contributed by atoms with E-state index in [0.29, 0.717) is 5.41 Å². The Balaban J connectivity index is 2.07. The maximum atomic E-state index is 4.42. The molecule has 2 rings (SSSR count). The minimum absolute atomic E-state index is 0.345. The summed E-state index contributed by atoms with van der Waals surface area (Å²) in [5.41, 5.74) is 1.77. The normalized spacial score (nSPS) is 31.7. The summed E-state index contributed by atoms with van der Waals surface area (Å²) in [5, 5.41) is 0. The van der Waals surface area contributed by atoms with E-state index in [-0.39, 0.29) is 0 Å². The van der Waals surface area contributed by atoms with Gasteiger partial charge in [0.2, 0.25) is 0 Å². The largest absolute Gasteiger partial charge is 0.372 e. The van der Waals surface area contributed by atoms with E-state index < -0.39 is 0 Å². The highest BCUT2D eigenvalue weighted by Crippen LogP contribution is 2.52. The van der Waals surface area contributed by atoms with Crippen LogP contribution in [0.2, 0.25) is 0 Å². The molecule has 2 unspecified atom stereocenters. The summed E-state index contributed by atoms with van der Waals surface area (Å²) in [6.07, 6.45) is 9.70. The minimum atomic E-state index is 0.345. The average Bonchev–Trinajstić information content (AvgIpc) is 2.51. The van der Waals surface area contributed by atoms with Crippen molar-refractivity contribution in [2.45, 2.75) is 71.8 Å². The summed E-state index contributed by atoms with van der Waals surface area (Å²) in [6.45, 7) is 12.8. The van der Waals surface area contributed by atoms with Gasteiger partial charge in [0.05, 0.1) is 0 Å². The highest BCUT2D eigenvalue weighted by molar-refractivity contribution is 5.19. The third-order valence-electron chi connectivity index (χ3n) is 5.15. The molecule has 1 heterocycles. The summed E-state index contributed by atoms with van der Waals surface area (Å²) in [5.74, 6) is 0.866. The lowest BCUT2D eigenvalue weighted by Gasteiger charge is -2.34. The quantitative estimate of drug-likeness (QED) is 0.644. The van der Waals surface area contributed by atoms with Crippen molar-refractivity contribution >= 4 is 0 Å². The van der Waals surface area contributed by atoms with E-state index in [2.05, 4.69) is 32.3 Å². The molecule has 0 aromatic rings. The number of hydrogen-bond donors (Lipinski definition) is 0. The van der Waals surface area contributed by atoms with E-state index >= 15 is 0 Å². The lowest BCUT2D eigenvalue weighted by molar-refractivity contribution is 0.168. The number of hydrogen-bond acceptors (Lipinski definition) is 1. The van der Waals surface area contributed by atoms with E-state index in [4.69, 9.17) is 0 Å². The van der Waals surface area contributed by atoms with E-state index in [9.17, 15) is 0 Å². The van der Waals surface area contributed by atoms with Gasteiger partial charge in [-0.15, -0.1) is 0 Å². The number of unbranched alkanes of at least 4 members (excludes halogenated alkanes) is 2. The second kappa shape index (κ2) is 5.04. The molecule has 2 fully saturated rings. The predicted molar refractivity (Wildman–Crippen MR) is 74.9 cm³/mol. The molecule has 0 aromatic carbocycles. The Morgan fingerprint density at radius 3 is 2.65 bits per heavy atom. The van der Waals surface area contributed by atoms with Crippen molar-refractivity contribution in [1.29, 1.82) is 0 Å². The fraction of sp³-hybridized carbons (Fsp3) is 0.875. The Hall–Kier alpha value is -0.460. The lowest BCUT2D eigenvalue weighted by atomic mass is 9.71. The van der Waals surface area contributed by atoms with Crippen molar-refractivity contribution in [2.75, 3.05) is 6.54 Å². The van der Waals surface area contributed by atoms with Gasteiger partial charge in [0.1, 0.15) is 0 Å². The zero-order valence-corrected chi connectivity index (χ0v) is 12.0. The summed E-state index contributed by atoms with van der Waals surface area (Å²) < 4.78 is 0. The molecule has 0 spiro atoms. The topological polar surface area (TPSA) is 3.24 Å². The SMILES string of the molecule is C=C1N(CCCCC)C2CCCCC2C1(C)C. The first-order chi connectivity index (χ1) is 8.09. The highest BCUT2D eigenvalue weighted by Gasteiger charge is 2.49. The van der Waals surface area contributed by atoms with Crippen LogP contribution < -0.4 is 0 Å². The summed E-state index contributed by atoms with van der Waals surface area (Å²) in [6, 6.07) is 0.808. The van der Waals surface area contributed by atoms with Crippen LogP contribution >= 0.6 is 0 Å². The number of likely N-dealkylation sites (tertiary alicyclic amines) is 1. The number of nitrogens with zero attached hydrogens (tertiary/aromatic N) is 1. The first kappa shape index (κ1) is 13.0. The Bertz CT molecular complexity index is 279. The van der Waals surface area contributed by atoms with Crippen molar-refractivity contribution in [2.24, 2.45) is 11.3 Å². The van der Waals surface area contributed by atoms with Crippen LogP contribution in [0.5, 0.6) is 0 Å². The molecule has 1 saturated heterocycles. The lowest BCUT2D eigenvalue weighted by Crippen LogP contribution is -2.35. The van der Waals surface area contributed by atoms with Crippen molar-refractivity contribution in [3.05, 3.63) is 12.3 Å². The molecule has 0 bridgehead atoms. The highest BCUT2D eigenvalue weighted by atomic mass is 15.2. The van der Waals surface area contributed by atoms with Crippen molar-refractivity contribution in [3.8, 4) is 0 Å². The number of fused-ring (bicyclic) bond motifs is 1. The maximum absolute atomic E-state index is 4.42. The molecule has 0 aromatic heterocycles. The van der Waals surface area contributed by atoms with E-state index in [1.165, 1.54) is 57.2 Å². The summed E-state index contributed by atoms with van der Waals surface area (Å²) in [7, 11) is 0. The molecule has 98 valence electrons. The number of allylic oxidation sites excluding steroid dienone is 1. The van der Waals surface area contributed by atoms with E-state index in [1.54, 1.807) is 0 Å².